The third kappa shape index (κ3) is 4.57. The lowest BCUT2D eigenvalue weighted by molar-refractivity contribution is -0.0383. The van der Waals surface area contributed by atoms with Gasteiger partial charge in [0, 0.05) is 32.7 Å². The molecule has 0 aliphatic carbocycles. The summed E-state index contributed by atoms with van der Waals surface area (Å²) in [5.74, 6) is -0.126. The predicted molar refractivity (Wildman–Crippen MR) is 103 cm³/mol. The Balaban J connectivity index is 1.31. The summed E-state index contributed by atoms with van der Waals surface area (Å²) in [5, 5.41) is 19.1. The number of morpholine rings is 1. The summed E-state index contributed by atoms with van der Waals surface area (Å²) in [7, 11) is 0. The molecule has 2 aliphatic heterocycles. The number of amides is 1. The van der Waals surface area contributed by atoms with Crippen LogP contribution in [0.3, 0.4) is 0 Å². The van der Waals surface area contributed by atoms with Gasteiger partial charge < -0.3 is 14.7 Å². The molecule has 8 nitrogen and oxygen atoms in total. The monoisotopic (exact) mass is 385 g/mol. The van der Waals surface area contributed by atoms with E-state index >= 15 is 0 Å². The molecule has 0 spiro atoms. The Hall–Kier alpha value is -2.29. The second-order valence-electron chi connectivity index (χ2n) is 7.69. The van der Waals surface area contributed by atoms with Crippen LogP contribution in [0.25, 0.3) is 0 Å². The van der Waals surface area contributed by atoms with Crippen LogP contribution in [0.1, 0.15) is 28.9 Å². The summed E-state index contributed by atoms with van der Waals surface area (Å²) in [5.41, 5.74) is 0.794. The molecular weight excluding hydrogens is 358 g/mol. The van der Waals surface area contributed by atoms with E-state index in [4.69, 9.17) is 4.74 Å². The van der Waals surface area contributed by atoms with Gasteiger partial charge in [-0.25, -0.2) is 4.68 Å². The van der Waals surface area contributed by atoms with Gasteiger partial charge in [0.1, 0.15) is 0 Å². The van der Waals surface area contributed by atoms with E-state index in [1.54, 1.807) is 15.8 Å². The normalized spacial score (nSPS) is 20.2. The maximum Gasteiger partial charge on any atom is 0.276 e. The minimum atomic E-state index is -0.819. The molecule has 0 atom stereocenters. The second-order valence-corrected chi connectivity index (χ2v) is 7.69. The van der Waals surface area contributed by atoms with Crippen molar-refractivity contribution in [3.05, 3.63) is 47.8 Å². The summed E-state index contributed by atoms with van der Waals surface area (Å²) in [6, 6.07) is 10.4. The van der Waals surface area contributed by atoms with Gasteiger partial charge in [-0.1, -0.05) is 35.5 Å². The summed E-state index contributed by atoms with van der Waals surface area (Å²) in [6.07, 6.45) is 2.99. The van der Waals surface area contributed by atoms with Gasteiger partial charge in [-0.05, 0) is 18.4 Å². The maximum atomic E-state index is 12.5. The standard InChI is InChI=1S/C20H27N5O3/c26-19(24-10-12-28-13-11-24)18-15-25(22-21-18)16-20(27)6-8-23(9-7-20)14-17-4-2-1-3-5-17/h1-5,15,27H,6-14,16H2. The fourth-order valence-electron chi connectivity index (χ4n) is 3.83. The van der Waals surface area contributed by atoms with Crippen LogP contribution in [0.4, 0.5) is 0 Å². The first-order valence-electron chi connectivity index (χ1n) is 9.87. The Morgan fingerprint density at radius 1 is 1.11 bits per heavy atom. The Morgan fingerprint density at radius 2 is 1.82 bits per heavy atom. The first kappa shape index (κ1) is 19.0. The molecule has 1 aromatic heterocycles. The van der Waals surface area contributed by atoms with Crippen LogP contribution in [0.2, 0.25) is 0 Å². The number of aromatic nitrogens is 3. The Kier molecular flexibility index (Phi) is 5.70. The maximum absolute atomic E-state index is 12.5. The van der Waals surface area contributed by atoms with Crippen LogP contribution in [-0.4, -0.2) is 80.8 Å². The SMILES string of the molecule is O=C(c1cn(CC2(O)CCN(Cc3ccccc3)CC2)nn1)N1CCOCC1. The highest BCUT2D eigenvalue weighted by Gasteiger charge is 2.33. The lowest BCUT2D eigenvalue weighted by Crippen LogP contribution is -2.46. The molecule has 28 heavy (non-hydrogen) atoms. The summed E-state index contributed by atoms with van der Waals surface area (Å²) < 4.78 is 6.88. The number of benzene rings is 1. The van der Waals surface area contributed by atoms with E-state index in [0.717, 1.165) is 19.6 Å². The number of carbonyl (C=O) groups excluding carboxylic acids is 1. The van der Waals surface area contributed by atoms with Gasteiger partial charge in [-0.2, -0.15) is 0 Å². The third-order valence-corrected chi connectivity index (χ3v) is 5.55. The molecule has 0 saturated carbocycles. The minimum Gasteiger partial charge on any atom is -0.388 e. The first-order valence-corrected chi connectivity index (χ1v) is 9.87. The number of hydrogen-bond donors (Lipinski definition) is 1. The van der Waals surface area contributed by atoms with Crippen LogP contribution in [0.5, 0.6) is 0 Å². The highest BCUT2D eigenvalue weighted by atomic mass is 16.5. The third-order valence-electron chi connectivity index (χ3n) is 5.55. The van der Waals surface area contributed by atoms with Crippen molar-refractivity contribution in [1.29, 1.82) is 0 Å². The first-order chi connectivity index (χ1) is 13.6. The number of carbonyl (C=O) groups is 1. The number of piperidine rings is 1. The Morgan fingerprint density at radius 3 is 2.54 bits per heavy atom. The lowest BCUT2D eigenvalue weighted by Gasteiger charge is -2.38. The van der Waals surface area contributed by atoms with Crippen LogP contribution in [0.15, 0.2) is 36.5 Å². The number of nitrogens with zero attached hydrogens (tertiary/aromatic N) is 5. The fourth-order valence-corrected chi connectivity index (χ4v) is 3.83. The molecule has 8 heteroatoms. The molecule has 4 rings (SSSR count). The quantitative estimate of drug-likeness (QED) is 0.819. The van der Waals surface area contributed by atoms with Gasteiger partial charge in [-0.15, -0.1) is 5.10 Å². The summed E-state index contributed by atoms with van der Waals surface area (Å²) in [6.45, 7) is 5.19. The average molecular weight is 385 g/mol. The molecule has 0 bridgehead atoms. The summed E-state index contributed by atoms with van der Waals surface area (Å²) >= 11 is 0. The topological polar surface area (TPSA) is 83.7 Å². The number of ether oxygens (including phenoxy) is 1. The number of hydrogen-bond acceptors (Lipinski definition) is 6. The molecule has 1 N–H and O–H groups in total. The van der Waals surface area contributed by atoms with E-state index in [2.05, 4.69) is 39.5 Å². The van der Waals surface area contributed by atoms with E-state index in [9.17, 15) is 9.90 Å². The van der Waals surface area contributed by atoms with Crippen LogP contribution < -0.4 is 0 Å². The van der Waals surface area contributed by atoms with E-state index in [-0.39, 0.29) is 5.91 Å². The largest absolute Gasteiger partial charge is 0.388 e. The molecule has 0 unspecified atom stereocenters. The molecule has 2 aliphatic rings. The van der Waals surface area contributed by atoms with Gasteiger partial charge in [-0.3, -0.25) is 9.69 Å². The van der Waals surface area contributed by atoms with Gasteiger partial charge in [0.15, 0.2) is 5.69 Å². The molecule has 0 radical (unpaired) electrons. The van der Waals surface area contributed by atoms with Crippen LogP contribution >= 0.6 is 0 Å². The minimum absolute atomic E-state index is 0.126. The summed E-state index contributed by atoms with van der Waals surface area (Å²) in [4.78, 5) is 16.6. The van der Waals surface area contributed by atoms with Crippen molar-refractivity contribution in [3.63, 3.8) is 0 Å². The van der Waals surface area contributed by atoms with Crippen molar-refractivity contribution in [2.24, 2.45) is 0 Å². The number of rotatable bonds is 5. The van der Waals surface area contributed by atoms with E-state index < -0.39 is 5.60 Å². The van der Waals surface area contributed by atoms with Gasteiger partial charge in [0.25, 0.3) is 5.91 Å². The van der Waals surface area contributed by atoms with Crippen molar-refractivity contribution in [3.8, 4) is 0 Å². The molecular formula is C20H27N5O3. The molecule has 2 fully saturated rings. The smallest absolute Gasteiger partial charge is 0.276 e. The number of likely N-dealkylation sites (tertiary alicyclic amines) is 1. The predicted octanol–water partition coefficient (Wildman–Crippen LogP) is 0.778. The second kappa shape index (κ2) is 8.38. The molecule has 150 valence electrons. The lowest BCUT2D eigenvalue weighted by atomic mass is 9.91. The fraction of sp³-hybridized carbons (Fsp3) is 0.550. The van der Waals surface area contributed by atoms with Crippen molar-refractivity contribution < 1.29 is 14.6 Å². The van der Waals surface area contributed by atoms with Gasteiger partial charge in [0.05, 0.1) is 31.6 Å². The van der Waals surface area contributed by atoms with Gasteiger partial charge >= 0.3 is 0 Å². The van der Waals surface area contributed by atoms with E-state index in [1.165, 1.54) is 5.56 Å². The van der Waals surface area contributed by atoms with Crippen molar-refractivity contribution >= 4 is 5.91 Å². The molecule has 1 aromatic carbocycles. The zero-order valence-corrected chi connectivity index (χ0v) is 16.0. The van der Waals surface area contributed by atoms with Crippen molar-refractivity contribution in [2.45, 2.75) is 31.5 Å². The van der Waals surface area contributed by atoms with Gasteiger partial charge in [0.2, 0.25) is 0 Å². The van der Waals surface area contributed by atoms with Crippen LogP contribution in [-0.2, 0) is 17.8 Å². The Bertz CT molecular complexity index is 780. The van der Waals surface area contributed by atoms with E-state index in [1.807, 2.05) is 6.07 Å². The van der Waals surface area contributed by atoms with Crippen LogP contribution in [0, 0.1) is 0 Å². The Labute approximate surface area is 164 Å². The highest BCUT2D eigenvalue weighted by Crippen LogP contribution is 2.25. The molecule has 2 saturated heterocycles. The highest BCUT2D eigenvalue weighted by molar-refractivity contribution is 5.91. The number of aliphatic hydroxyl groups is 1. The van der Waals surface area contributed by atoms with Crippen molar-refractivity contribution in [1.82, 2.24) is 24.8 Å². The molecule has 2 aromatic rings. The molecule has 1 amide bonds. The van der Waals surface area contributed by atoms with E-state index in [0.29, 0.717) is 51.4 Å². The average Bonchev–Trinajstić information content (AvgIpc) is 3.19. The molecule has 3 heterocycles. The zero-order valence-electron chi connectivity index (χ0n) is 16.0. The van der Waals surface area contributed by atoms with Crippen molar-refractivity contribution in [2.75, 3.05) is 39.4 Å². The zero-order chi connectivity index (χ0) is 19.4.